The molecule has 0 aliphatic carbocycles. The Balaban J connectivity index is 1.40. The Morgan fingerprint density at radius 1 is 1.19 bits per heavy atom. The lowest BCUT2D eigenvalue weighted by molar-refractivity contribution is -0.0497. The highest BCUT2D eigenvalue weighted by atomic mass is 35.5. The average Bonchev–Trinajstić information content (AvgIpc) is 3.36. The van der Waals surface area contributed by atoms with Crippen molar-refractivity contribution in [3.8, 4) is 11.5 Å². The van der Waals surface area contributed by atoms with Gasteiger partial charge in [0.05, 0.1) is 10.2 Å². The first-order valence-electron chi connectivity index (χ1n) is 9.38. The summed E-state index contributed by atoms with van der Waals surface area (Å²) < 4.78 is 37.0. The van der Waals surface area contributed by atoms with Crippen molar-refractivity contribution in [2.75, 3.05) is 5.32 Å². The van der Waals surface area contributed by atoms with Crippen LogP contribution in [0.3, 0.4) is 0 Å². The van der Waals surface area contributed by atoms with Crippen LogP contribution in [0, 0.1) is 13.8 Å². The molecule has 0 spiro atoms. The van der Waals surface area contributed by atoms with Crippen molar-refractivity contribution < 1.29 is 23.0 Å². The van der Waals surface area contributed by atoms with Gasteiger partial charge in [-0.3, -0.25) is 10.1 Å². The minimum absolute atomic E-state index is 0.0267. The fourth-order valence-electron chi connectivity index (χ4n) is 2.98. The van der Waals surface area contributed by atoms with E-state index in [1.807, 2.05) is 26.0 Å². The summed E-state index contributed by atoms with van der Waals surface area (Å²) in [5.74, 6) is 0.222. The van der Waals surface area contributed by atoms with Crippen LogP contribution in [-0.4, -0.2) is 27.3 Å². The summed E-state index contributed by atoms with van der Waals surface area (Å²) >= 11 is 7.31. The van der Waals surface area contributed by atoms with Crippen LogP contribution in [0.25, 0.3) is 10.2 Å². The van der Waals surface area contributed by atoms with Crippen LogP contribution in [0.15, 0.2) is 42.6 Å². The third kappa shape index (κ3) is 4.97. The first-order chi connectivity index (χ1) is 15.3. The molecule has 2 aromatic heterocycles. The van der Waals surface area contributed by atoms with E-state index in [4.69, 9.17) is 16.3 Å². The van der Waals surface area contributed by atoms with Crippen molar-refractivity contribution in [1.29, 1.82) is 0 Å². The third-order valence-electron chi connectivity index (χ3n) is 4.45. The van der Waals surface area contributed by atoms with Crippen LogP contribution in [0.1, 0.15) is 21.6 Å². The van der Waals surface area contributed by atoms with E-state index in [0.29, 0.717) is 26.1 Å². The number of halogens is 3. The summed E-state index contributed by atoms with van der Waals surface area (Å²) in [5.41, 5.74) is 2.55. The number of hydrogen-bond donors (Lipinski definition) is 1. The number of thiazole rings is 1. The van der Waals surface area contributed by atoms with Gasteiger partial charge in [-0.15, -0.1) is 0 Å². The highest BCUT2D eigenvalue weighted by molar-refractivity contribution is 7.22. The number of rotatable bonds is 7. The van der Waals surface area contributed by atoms with E-state index in [2.05, 4.69) is 20.1 Å². The normalized spacial score (nSPS) is 11.2. The summed E-state index contributed by atoms with van der Waals surface area (Å²) in [6.45, 7) is 0.994. The zero-order chi connectivity index (χ0) is 22.8. The molecule has 0 atom stereocenters. The van der Waals surface area contributed by atoms with Crippen molar-refractivity contribution in [2.24, 2.45) is 0 Å². The number of ether oxygens (including phenoxy) is 2. The first-order valence-corrected chi connectivity index (χ1v) is 10.6. The number of amides is 1. The van der Waals surface area contributed by atoms with E-state index >= 15 is 0 Å². The van der Waals surface area contributed by atoms with Crippen molar-refractivity contribution >= 4 is 44.2 Å². The Kier molecular flexibility index (Phi) is 6.24. The zero-order valence-electron chi connectivity index (χ0n) is 16.9. The molecule has 0 aliphatic heterocycles. The maximum atomic E-state index is 12.5. The van der Waals surface area contributed by atoms with E-state index < -0.39 is 12.5 Å². The summed E-state index contributed by atoms with van der Waals surface area (Å²) in [7, 11) is 0. The van der Waals surface area contributed by atoms with Gasteiger partial charge in [0.2, 0.25) is 0 Å². The summed E-state index contributed by atoms with van der Waals surface area (Å²) in [6, 6.07) is 9.60. The van der Waals surface area contributed by atoms with Crippen LogP contribution in [0.2, 0.25) is 5.02 Å². The number of hydrogen-bond acceptors (Lipinski definition) is 6. The predicted molar refractivity (Wildman–Crippen MR) is 118 cm³/mol. The molecule has 4 aromatic rings. The topological polar surface area (TPSA) is 78.3 Å². The van der Waals surface area contributed by atoms with E-state index in [1.54, 1.807) is 18.3 Å². The van der Waals surface area contributed by atoms with Crippen molar-refractivity contribution in [3.63, 3.8) is 0 Å². The van der Waals surface area contributed by atoms with Gasteiger partial charge in [0, 0.05) is 11.2 Å². The molecule has 2 aromatic carbocycles. The highest BCUT2D eigenvalue weighted by Gasteiger charge is 2.14. The number of fused-ring (bicyclic) bond motifs is 1. The van der Waals surface area contributed by atoms with Gasteiger partial charge in [0.1, 0.15) is 11.5 Å². The Labute approximate surface area is 190 Å². The van der Waals surface area contributed by atoms with Crippen LogP contribution in [0.5, 0.6) is 11.5 Å². The number of benzene rings is 2. The van der Waals surface area contributed by atoms with Gasteiger partial charge < -0.3 is 9.47 Å². The Hall–Kier alpha value is -3.24. The van der Waals surface area contributed by atoms with E-state index in [9.17, 15) is 13.6 Å². The molecule has 11 heteroatoms. The predicted octanol–water partition coefficient (Wildman–Crippen LogP) is 5.65. The molecule has 0 aliphatic rings. The number of carbonyl (C=O) groups is 1. The highest BCUT2D eigenvalue weighted by Crippen LogP contribution is 2.30. The number of nitrogens with zero attached hydrogens (tertiary/aromatic N) is 3. The standard InChI is InChI=1S/C21H17ClF2N4O3S/c1-11-7-14(8-12(2)18(11)22)30-10-28-6-5-16(27-28)19(29)26-21-25-15-4-3-13(31-20(23)24)9-17(15)32-21/h3-9,20H,10H2,1-2H3,(H,25,26,29). The molecule has 0 saturated carbocycles. The molecule has 4 rings (SSSR count). The Morgan fingerprint density at radius 2 is 1.94 bits per heavy atom. The second kappa shape index (κ2) is 9.09. The van der Waals surface area contributed by atoms with Crippen LogP contribution in [-0.2, 0) is 6.73 Å². The van der Waals surface area contributed by atoms with Crippen LogP contribution in [0.4, 0.5) is 13.9 Å². The molecular weight excluding hydrogens is 462 g/mol. The van der Waals surface area contributed by atoms with Crippen molar-refractivity contribution in [1.82, 2.24) is 14.8 Å². The molecule has 0 bridgehead atoms. The van der Waals surface area contributed by atoms with E-state index in [0.717, 1.165) is 22.5 Å². The molecule has 166 valence electrons. The molecule has 1 N–H and O–H groups in total. The van der Waals surface area contributed by atoms with Gasteiger partial charge in [0.15, 0.2) is 17.6 Å². The summed E-state index contributed by atoms with van der Waals surface area (Å²) in [4.78, 5) is 16.8. The zero-order valence-corrected chi connectivity index (χ0v) is 18.5. The molecule has 0 radical (unpaired) electrons. The van der Waals surface area contributed by atoms with Gasteiger partial charge in [-0.2, -0.15) is 13.9 Å². The van der Waals surface area contributed by atoms with Gasteiger partial charge in [-0.1, -0.05) is 22.9 Å². The summed E-state index contributed by atoms with van der Waals surface area (Å²) in [5, 5.41) is 7.89. The first kappa shape index (κ1) is 22.0. The fourth-order valence-corrected chi connectivity index (χ4v) is 3.98. The van der Waals surface area contributed by atoms with E-state index in [1.165, 1.54) is 16.8 Å². The van der Waals surface area contributed by atoms with Gasteiger partial charge in [0.25, 0.3) is 5.91 Å². The number of nitrogens with one attached hydrogen (secondary N) is 1. The number of carbonyl (C=O) groups excluding carboxylic acids is 1. The molecular formula is C21H17ClF2N4O3S. The lowest BCUT2D eigenvalue weighted by atomic mass is 10.1. The minimum Gasteiger partial charge on any atom is -0.471 e. The maximum Gasteiger partial charge on any atom is 0.387 e. The molecule has 2 heterocycles. The second-order valence-corrected chi connectivity index (χ2v) is 8.27. The number of alkyl halides is 2. The van der Waals surface area contributed by atoms with Gasteiger partial charge in [-0.05, 0) is 61.4 Å². The van der Waals surface area contributed by atoms with Crippen molar-refractivity contribution in [3.05, 3.63) is 64.4 Å². The van der Waals surface area contributed by atoms with E-state index in [-0.39, 0.29) is 18.2 Å². The maximum absolute atomic E-state index is 12.5. The minimum atomic E-state index is -2.91. The average molecular weight is 479 g/mol. The second-order valence-electron chi connectivity index (χ2n) is 6.87. The lowest BCUT2D eigenvalue weighted by Crippen LogP contribution is -2.14. The summed E-state index contributed by atoms with van der Waals surface area (Å²) in [6.07, 6.45) is 1.62. The number of aryl methyl sites for hydroxylation is 2. The quantitative estimate of drug-likeness (QED) is 0.371. The van der Waals surface area contributed by atoms with Crippen molar-refractivity contribution in [2.45, 2.75) is 27.2 Å². The Bertz CT molecular complexity index is 1270. The Morgan fingerprint density at radius 3 is 2.66 bits per heavy atom. The third-order valence-corrected chi connectivity index (χ3v) is 5.98. The van der Waals surface area contributed by atoms with Gasteiger partial charge >= 0.3 is 6.61 Å². The van der Waals surface area contributed by atoms with Crippen LogP contribution < -0.4 is 14.8 Å². The smallest absolute Gasteiger partial charge is 0.387 e. The largest absolute Gasteiger partial charge is 0.471 e. The number of anilines is 1. The molecule has 0 saturated heterocycles. The van der Waals surface area contributed by atoms with Gasteiger partial charge in [-0.25, -0.2) is 9.67 Å². The molecule has 0 unspecified atom stereocenters. The molecule has 7 nitrogen and oxygen atoms in total. The SMILES string of the molecule is Cc1cc(OCn2ccc(C(=O)Nc3nc4ccc(OC(F)F)cc4s3)n2)cc(C)c1Cl. The monoisotopic (exact) mass is 478 g/mol. The molecule has 32 heavy (non-hydrogen) atoms. The molecule has 1 amide bonds. The molecule has 0 fully saturated rings. The fraction of sp³-hybridized carbons (Fsp3) is 0.190. The van der Waals surface area contributed by atoms with Crippen LogP contribution >= 0.6 is 22.9 Å². The number of aromatic nitrogens is 3. The lowest BCUT2D eigenvalue weighted by Gasteiger charge is -2.10.